The summed E-state index contributed by atoms with van der Waals surface area (Å²) in [7, 11) is 0. The SMILES string of the molecule is O=C(CN1CCOCC1)NC[C@H]1COc2ccccc2O1. The zero-order chi connectivity index (χ0) is 14.5. The summed E-state index contributed by atoms with van der Waals surface area (Å²) >= 11 is 0. The fourth-order valence-corrected chi connectivity index (χ4v) is 2.41. The fraction of sp³-hybridized carbons (Fsp3) is 0.533. The summed E-state index contributed by atoms with van der Waals surface area (Å²) < 4.78 is 16.7. The molecule has 0 bridgehead atoms. The second-order valence-electron chi connectivity index (χ2n) is 5.19. The summed E-state index contributed by atoms with van der Waals surface area (Å²) in [6.45, 7) is 4.33. The number of hydrogen-bond donors (Lipinski definition) is 1. The maximum absolute atomic E-state index is 11.9. The number of nitrogens with zero attached hydrogens (tertiary/aromatic N) is 1. The van der Waals surface area contributed by atoms with Crippen molar-refractivity contribution in [3.8, 4) is 11.5 Å². The molecule has 1 saturated heterocycles. The highest BCUT2D eigenvalue weighted by Gasteiger charge is 2.21. The number of carbonyl (C=O) groups excluding carboxylic acids is 1. The van der Waals surface area contributed by atoms with Crippen LogP contribution < -0.4 is 14.8 Å². The van der Waals surface area contributed by atoms with E-state index in [1.54, 1.807) is 0 Å². The van der Waals surface area contributed by atoms with E-state index in [9.17, 15) is 4.79 Å². The number of fused-ring (bicyclic) bond motifs is 1. The van der Waals surface area contributed by atoms with Crippen LogP contribution in [0, 0.1) is 0 Å². The van der Waals surface area contributed by atoms with Crippen LogP contribution in [0.3, 0.4) is 0 Å². The van der Waals surface area contributed by atoms with Crippen LogP contribution in [0.25, 0.3) is 0 Å². The molecule has 2 aliphatic rings. The molecule has 0 aromatic heterocycles. The lowest BCUT2D eigenvalue weighted by Gasteiger charge is -2.28. The van der Waals surface area contributed by atoms with Crippen LogP contribution >= 0.6 is 0 Å². The Labute approximate surface area is 124 Å². The molecule has 21 heavy (non-hydrogen) atoms. The Morgan fingerprint density at radius 1 is 1.24 bits per heavy atom. The Morgan fingerprint density at radius 2 is 2.00 bits per heavy atom. The highest BCUT2D eigenvalue weighted by atomic mass is 16.6. The number of morpholine rings is 1. The van der Waals surface area contributed by atoms with E-state index in [2.05, 4.69) is 10.2 Å². The summed E-state index contributed by atoms with van der Waals surface area (Å²) in [6.07, 6.45) is -0.145. The zero-order valence-corrected chi connectivity index (χ0v) is 11.9. The molecule has 1 amide bonds. The monoisotopic (exact) mass is 292 g/mol. The smallest absolute Gasteiger partial charge is 0.234 e. The van der Waals surface area contributed by atoms with E-state index in [4.69, 9.17) is 14.2 Å². The highest BCUT2D eigenvalue weighted by molar-refractivity contribution is 5.78. The zero-order valence-electron chi connectivity index (χ0n) is 11.9. The van der Waals surface area contributed by atoms with Gasteiger partial charge in [-0.3, -0.25) is 9.69 Å². The molecule has 2 heterocycles. The van der Waals surface area contributed by atoms with Crippen molar-refractivity contribution in [2.45, 2.75) is 6.10 Å². The summed E-state index contributed by atoms with van der Waals surface area (Å²) in [4.78, 5) is 14.0. The number of nitrogens with one attached hydrogen (secondary N) is 1. The average molecular weight is 292 g/mol. The first-order chi connectivity index (χ1) is 10.3. The number of carbonyl (C=O) groups is 1. The van der Waals surface area contributed by atoms with Crippen molar-refractivity contribution in [1.29, 1.82) is 0 Å². The van der Waals surface area contributed by atoms with Gasteiger partial charge in [-0.15, -0.1) is 0 Å². The molecule has 1 N–H and O–H groups in total. The van der Waals surface area contributed by atoms with E-state index in [1.165, 1.54) is 0 Å². The quantitative estimate of drug-likeness (QED) is 0.863. The molecule has 1 aromatic rings. The van der Waals surface area contributed by atoms with Gasteiger partial charge < -0.3 is 19.5 Å². The van der Waals surface area contributed by atoms with Crippen LogP contribution in [-0.2, 0) is 9.53 Å². The van der Waals surface area contributed by atoms with Crippen LogP contribution in [0.4, 0.5) is 0 Å². The predicted molar refractivity (Wildman–Crippen MR) is 76.6 cm³/mol. The summed E-state index contributed by atoms with van der Waals surface area (Å²) in [5.74, 6) is 1.50. The van der Waals surface area contributed by atoms with Gasteiger partial charge in [0.15, 0.2) is 11.5 Å². The van der Waals surface area contributed by atoms with Gasteiger partial charge in [0, 0.05) is 13.1 Å². The van der Waals surface area contributed by atoms with Crippen LogP contribution in [0.1, 0.15) is 0 Å². The molecule has 0 saturated carbocycles. The van der Waals surface area contributed by atoms with Crippen molar-refractivity contribution in [1.82, 2.24) is 10.2 Å². The maximum atomic E-state index is 11.9. The summed E-state index contributed by atoms with van der Waals surface area (Å²) in [6, 6.07) is 7.56. The van der Waals surface area contributed by atoms with Gasteiger partial charge in [-0.1, -0.05) is 12.1 Å². The van der Waals surface area contributed by atoms with Crippen LogP contribution in [0.2, 0.25) is 0 Å². The number of rotatable bonds is 4. The number of benzene rings is 1. The molecule has 6 nitrogen and oxygen atoms in total. The van der Waals surface area contributed by atoms with E-state index < -0.39 is 0 Å². The Balaban J connectivity index is 1.42. The minimum atomic E-state index is -0.145. The Morgan fingerprint density at radius 3 is 2.81 bits per heavy atom. The third-order valence-electron chi connectivity index (χ3n) is 3.57. The number of amides is 1. The first kappa shape index (κ1) is 14.2. The molecule has 6 heteroatoms. The van der Waals surface area contributed by atoms with Crippen molar-refractivity contribution in [3.63, 3.8) is 0 Å². The minimum absolute atomic E-state index is 0.0133. The third-order valence-corrected chi connectivity index (χ3v) is 3.57. The molecule has 2 aliphatic heterocycles. The lowest BCUT2D eigenvalue weighted by molar-refractivity contribution is -0.123. The fourth-order valence-electron chi connectivity index (χ4n) is 2.41. The largest absolute Gasteiger partial charge is 0.486 e. The van der Waals surface area contributed by atoms with Gasteiger partial charge in [0.2, 0.25) is 5.91 Å². The first-order valence-electron chi connectivity index (χ1n) is 7.26. The summed E-state index contributed by atoms with van der Waals surface area (Å²) in [5.41, 5.74) is 0. The van der Waals surface area contributed by atoms with Gasteiger partial charge in [-0.2, -0.15) is 0 Å². The molecule has 0 unspecified atom stereocenters. The van der Waals surface area contributed by atoms with E-state index in [0.717, 1.165) is 24.6 Å². The molecular formula is C15H20N2O4. The van der Waals surface area contributed by atoms with Gasteiger partial charge in [0.1, 0.15) is 12.7 Å². The topological polar surface area (TPSA) is 60.0 Å². The second-order valence-corrected chi connectivity index (χ2v) is 5.19. The summed E-state index contributed by atoms with van der Waals surface area (Å²) in [5, 5.41) is 2.90. The van der Waals surface area contributed by atoms with Gasteiger partial charge >= 0.3 is 0 Å². The van der Waals surface area contributed by atoms with E-state index in [-0.39, 0.29) is 12.0 Å². The van der Waals surface area contributed by atoms with Gasteiger partial charge in [0.05, 0.1) is 26.3 Å². The number of para-hydroxylation sites is 2. The minimum Gasteiger partial charge on any atom is -0.486 e. The normalized spacial score (nSPS) is 21.8. The van der Waals surface area contributed by atoms with E-state index in [0.29, 0.717) is 32.9 Å². The van der Waals surface area contributed by atoms with Crippen LogP contribution in [-0.4, -0.2) is 62.9 Å². The molecule has 3 rings (SSSR count). The highest BCUT2D eigenvalue weighted by Crippen LogP contribution is 2.30. The lowest BCUT2D eigenvalue weighted by Crippen LogP contribution is -2.46. The van der Waals surface area contributed by atoms with Crippen molar-refractivity contribution >= 4 is 5.91 Å². The van der Waals surface area contributed by atoms with Gasteiger partial charge in [-0.25, -0.2) is 0 Å². The molecular weight excluding hydrogens is 272 g/mol. The predicted octanol–water partition coefficient (Wildman–Crippen LogP) is 0.275. The van der Waals surface area contributed by atoms with Crippen molar-refractivity contribution in [2.75, 3.05) is 46.0 Å². The van der Waals surface area contributed by atoms with Crippen molar-refractivity contribution < 1.29 is 19.0 Å². The Hall–Kier alpha value is -1.79. The van der Waals surface area contributed by atoms with E-state index in [1.807, 2.05) is 24.3 Å². The Kier molecular flexibility index (Phi) is 4.57. The van der Waals surface area contributed by atoms with Crippen LogP contribution in [0.15, 0.2) is 24.3 Å². The van der Waals surface area contributed by atoms with Crippen molar-refractivity contribution in [3.05, 3.63) is 24.3 Å². The van der Waals surface area contributed by atoms with Crippen LogP contribution in [0.5, 0.6) is 11.5 Å². The molecule has 0 spiro atoms. The maximum Gasteiger partial charge on any atom is 0.234 e. The third kappa shape index (κ3) is 3.86. The second kappa shape index (κ2) is 6.78. The first-order valence-corrected chi connectivity index (χ1v) is 7.26. The Bertz CT molecular complexity index is 488. The molecule has 1 atom stereocenters. The lowest BCUT2D eigenvalue weighted by atomic mass is 10.2. The standard InChI is InChI=1S/C15H20N2O4/c18-15(10-17-5-7-19-8-6-17)16-9-12-11-20-13-3-1-2-4-14(13)21-12/h1-4,12H,5-11H2,(H,16,18)/t12-/m0/s1. The van der Waals surface area contributed by atoms with Gasteiger partial charge in [-0.05, 0) is 12.1 Å². The van der Waals surface area contributed by atoms with Crippen molar-refractivity contribution in [2.24, 2.45) is 0 Å². The number of ether oxygens (including phenoxy) is 3. The molecule has 0 radical (unpaired) electrons. The average Bonchev–Trinajstić information content (AvgIpc) is 2.54. The molecule has 0 aliphatic carbocycles. The molecule has 1 fully saturated rings. The molecule has 1 aromatic carbocycles. The van der Waals surface area contributed by atoms with Gasteiger partial charge in [0.25, 0.3) is 0 Å². The van der Waals surface area contributed by atoms with E-state index >= 15 is 0 Å². The molecule has 114 valence electrons. The number of hydrogen-bond acceptors (Lipinski definition) is 5.